The van der Waals surface area contributed by atoms with E-state index in [-0.39, 0.29) is 24.3 Å². The third-order valence-electron chi connectivity index (χ3n) is 6.92. The van der Waals surface area contributed by atoms with Crippen LogP contribution in [0.5, 0.6) is 0 Å². The number of benzene rings is 3. The number of para-hydroxylation sites is 3. The lowest BCUT2D eigenvalue weighted by Crippen LogP contribution is -2.45. The van der Waals surface area contributed by atoms with E-state index < -0.39 is 6.04 Å². The van der Waals surface area contributed by atoms with Gasteiger partial charge in [-0.25, -0.2) is 4.98 Å². The maximum absolute atomic E-state index is 13.9. The smallest absolute Gasteiger partial charge is 0.247 e. The Morgan fingerprint density at radius 1 is 1.00 bits per heavy atom. The number of rotatable bonds is 6. The van der Waals surface area contributed by atoms with Crippen molar-refractivity contribution >= 4 is 28.5 Å². The number of nitrogens with one attached hydrogen (secondary N) is 1. The third-order valence-corrected chi connectivity index (χ3v) is 6.92. The van der Waals surface area contributed by atoms with Crippen LogP contribution in [0, 0.1) is 6.92 Å². The molecule has 1 aliphatic rings. The van der Waals surface area contributed by atoms with Crippen molar-refractivity contribution in [3.63, 3.8) is 0 Å². The predicted molar refractivity (Wildman–Crippen MR) is 138 cm³/mol. The van der Waals surface area contributed by atoms with Crippen molar-refractivity contribution in [2.75, 3.05) is 5.32 Å². The zero-order valence-corrected chi connectivity index (χ0v) is 20.4. The van der Waals surface area contributed by atoms with E-state index in [1.54, 1.807) is 0 Å². The van der Waals surface area contributed by atoms with Crippen LogP contribution in [-0.2, 0) is 22.6 Å². The highest BCUT2D eigenvalue weighted by atomic mass is 16.2. The van der Waals surface area contributed by atoms with Crippen molar-refractivity contribution in [2.45, 2.75) is 52.2 Å². The summed E-state index contributed by atoms with van der Waals surface area (Å²) < 4.78 is 1.97. The van der Waals surface area contributed by atoms with E-state index in [0.29, 0.717) is 6.54 Å². The number of carbonyl (C=O) groups excluding carboxylic acids is 2. The van der Waals surface area contributed by atoms with Crippen LogP contribution in [0.3, 0.4) is 0 Å². The number of amides is 2. The molecular formula is C29H30N4O2. The van der Waals surface area contributed by atoms with Gasteiger partial charge >= 0.3 is 0 Å². The fourth-order valence-corrected chi connectivity index (χ4v) is 5.06. The van der Waals surface area contributed by atoms with Gasteiger partial charge in [0.25, 0.3) is 0 Å². The molecule has 2 heterocycles. The molecule has 6 nitrogen and oxygen atoms in total. The van der Waals surface area contributed by atoms with Crippen molar-refractivity contribution in [3.05, 3.63) is 95.3 Å². The molecule has 6 heteroatoms. The summed E-state index contributed by atoms with van der Waals surface area (Å²) in [7, 11) is 0. The molecule has 1 aliphatic heterocycles. The molecule has 2 amide bonds. The maximum Gasteiger partial charge on any atom is 0.247 e. The van der Waals surface area contributed by atoms with Crippen LogP contribution in [0.25, 0.3) is 11.0 Å². The normalized spacial score (nSPS) is 17.5. The van der Waals surface area contributed by atoms with Gasteiger partial charge < -0.3 is 14.8 Å². The number of aryl methyl sites for hydroxylation is 2. The fraction of sp³-hybridized carbons (Fsp3) is 0.276. The zero-order valence-electron chi connectivity index (χ0n) is 20.4. The lowest BCUT2D eigenvalue weighted by atomic mass is 10.0. The summed E-state index contributed by atoms with van der Waals surface area (Å²) in [5, 5.41) is 3.10. The highest BCUT2D eigenvalue weighted by Gasteiger charge is 2.40. The van der Waals surface area contributed by atoms with E-state index >= 15 is 0 Å². The van der Waals surface area contributed by atoms with Crippen molar-refractivity contribution < 1.29 is 9.59 Å². The average Bonchev–Trinajstić information content (AvgIpc) is 3.26. The number of anilines is 1. The van der Waals surface area contributed by atoms with Gasteiger partial charge in [-0.3, -0.25) is 9.59 Å². The van der Waals surface area contributed by atoms with Crippen molar-refractivity contribution in [3.8, 4) is 0 Å². The summed E-state index contributed by atoms with van der Waals surface area (Å²) in [4.78, 5) is 34.0. The Morgan fingerprint density at radius 3 is 2.51 bits per heavy atom. The minimum absolute atomic E-state index is 0.0433. The van der Waals surface area contributed by atoms with E-state index in [4.69, 9.17) is 4.98 Å². The Labute approximate surface area is 205 Å². The summed E-state index contributed by atoms with van der Waals surface area (Å²) in [6.45, 7) is 6.54. The highest BCUT2D eigenvalue weighted by molar-refractivity contribution is 5.97. The van der Waals surface area contributed by atoms with E-state index in [1.807, 2.05) is 96.1 Å². The Bertz CT molecular complexity index is 1390. The van der Waals surface area contributed by atoms with Gasteiger partial charge in [0.2, 0.25) is 11.8 Å². The van der Waals surface area contributed by atoms with Crippen LogP contribution in [0.2, 0.25) is 0 Å². The number of carbonyl (C=O) groups is 2. The molecule has 35 heavy (non-hydrogen) atoms. The number of nitrogens with zero attached hydrogens (tertiary/aromatic N) is 3. The predicted octanol–water partition coefficient (Wildman–Crippen LogP) is 5.58. The van der Waals surface area contributed by atoms with Crippen LogP contribution in [0.4, 0.5) is 5.69 Å². The van der Waals surface area contributed by atoms with Crippen LogP contribution < -0.4 is 5.32 Å². The second-order valence-corrected chi connectivity index (χ2v) is 9.19. The van der Waals surface area contributed by atoms with Gasteiger partial charge in [-0.15, -0.1) is 0 Å². The molecule has 0 saturated heterocycles. The molecule has 0 aliphatic carbocycles. The van der Waals surface area contributed by atoms with Gasteiger partial charge in [-0.05, 0) is 49.1 Å². The first-order valence-corrected chi connectivity index (χ1v) is 12.2. The number of fused-ring (bicyclic) bond motifs is 3. The second kappa shape index (κ2) is 9.37. The second-order valence-electron chi connectivity index (χ2n) is 9.19. The van der Waals surface area contributed by atoms with Crippen molar-refractivity contribution in [1.82, 2.24) is 14.5 Å². The first-order valence-electron chi connectivity index (χ1n) is 12.2. The van der Waals surface area contributed by atoms with E-state index in [9.17, 15) is 9.59 Å². The SMILES string of the molecule is CCc1cccc(C)c1NC(=O)C[C@H]1C(=O)N(Cc2ccccc2)[C@H](C)c2nc3ccccc3n21. The minimum Gasteiger partial charge on any atom is -0.327 e. The third kappa shape index (κ3) is 4.20. The molecule has 0 fully saturated rings. The van der Waals surface area contributed by atoms with Gasteiger partial charge in [-0.2, -0.15) is 0 Å². The van der Waals surface area contributed by atoms with Gasteiger partial charge in [0, 0.05) is 12.2 Å². The lowest BCUT2D eigenvalue weighted by molar-refractivity contribution is -0.142. The molecular weight excluding hydrogens is 436 g/mol. The zero-order chi connectivity index (χ0) is 24.5. The average molecular weight is 467 g/mol. The summed E-state index contributed by atoms with van der Waals surface area (Å²) >= 11 is 0. The van der Waals surface area contributed by atoms with E-state index in [1.165, 1.54) is 0 Å². The monoisotopic (exact) mass is 466 g/mol. The van der Waals surface area contributed by atoms with Gasteiger partial charge in [0.05, 0.1) is 23.5 Å². The van der Waals surface area contributed by atoms with Crippen molar-refractivity contribution in [1.29, 1.82) is 0 Å². The summed E-state index contributed by atoms with van der Waals surface area (Å²) in [5.41, 5.74) is 5.70. The molecule has 2 atom stereocenters. The van der Waals surface area contributed by atoms with Gasteiger partial charge in [0.15, 0.2) is 0 Å². The Balaban J connectivity index is 1.52. The largest absolute Gasteiger partial charge is 0.327 e. The number of hydrogen-bond donors (Lipinski definition) is 1. The number of hydrogen-bond acceptors (Lipinski definition) is 3. The van der Waals surface area contributed by atoms with Crippen LogP contribution >= 0.6 is 0 Å². The quantitative estimate of drug-likeness (QED) is 0.403. The first-order chi connectivity index (χ1) is 17.0. The maximum atomic E-state index is 13.9. The summed E-state index contributed by atoms with van der Waals surface area (Å²) in [6, 6.07) is 22.9. The Hall–Kier alpha value is -3.93. The molecule has 3 aromatic carbocycles. The van der Waals surface area contributed by atoms with Crippen LogP contribution in [0.15, 0.2) is 72.8 Å². The molecule has 0 radical (unpaired) electrons. The number of imidazole rings is 1. The molecule has 178 valence electrons. The molecule has 4 aromatic rings. The molecule has 0 bridgehead atoms. The minimum atomic E-state index is -0.661. The summed E-state index contributed by atoms with van der Waals surface area (Å²) in [6.07, 6.45) is 0.861. The molecule has 1 aromatic heterocycles. The Kier molecular flexibility index (Phi) is 6.12. The van der Waals surface area contributed by atoms with E-state index in [2.05, 4.69) is 12.2 Å². The van der Waals surface area contributed by atoms with Crippen LogP contribution in [0.1, 0.15) is 54.9 Å². The molecule has 0 spiro atoms. The Morgan fingerprint density at radius 2 is 1.74 bits per heavy atom. The lowest BCUT2D eigenvalue weighted by Gasteiger charge is -2.38. The highest BCUT2D eigenvalue weighted by Crippen LogP contribution is 2.37. The molecule has 0 unspecified atom stereocenters. The molecule has 1 N–H and O–H groups in total. The fourth-order valence-electron chi connectivity index (χ4n) is 5.06. The summed E-state index contributed by atoms with van der Waals surface area (Å²) in [5.74, 6) is 0.572. The number of aromatic nitrogens is 2. The van der Waals surface area contributed by atoms with Gasteiger partial charge in [0.1, 0.15) is 11.9 Å². The van der Waals surface area contributed by atoms with Crippen molar-refractivity contribution in [2.24, 2.45) is 0 Å². The standard InChI is InChI=1S/C29H30N4O2/c1-4-22-14-10-11-19(2)27(22)31-26(34)17-25-29(35)32(18-21-12-6-5-7-13-21)20(3)28-30-23-15-8-9-16-24(23)33(25)28/h5-16,20,25H,4,17-18H2,1-3H3,(H,31,34)/t20-,25+/m1/s1. The first kappa shape index (κ1) is 22.8. The molecule has 0 saturated carbocycles. The van der Waals surface area contributed by atoms with E-state index in [0.717, 1.165) is 45.7 Å². The topological polar surface area (TPSA) is 67.2 Å². The molecule has 5 rings (SSSR count). The van der Waals surface area contributed by atoms with Gasteiger partial charge in [-0.1, -0.05) is 67.6 Å². The van der Waals surface area contributed by atoms with Crippen LogP contribution in [-0.4, -0.2) is 26.3 Å².